The summed E-state index contributed by atoms with van der Waals surface area (Å²) in [5.74, 6) is 0.886. The van der Waals surface area contributed by atoms with Crippen molar-refractivity contribution in [3.05, 3.63) is 32.8 Å². The van der Waals surface area contributed by atoms with Gasteiger partial charge in [0.25, 0.3) is 0 Å². The molecule has 0 amide bonds. The Balaban J connectivity index is 1.90. The number of aromatic nitrogens is 2. The molecule has 0 aliphatic heterocycles. The van der Waals surface area contributed by atoms with Crippen molar-refractivity contribution in [2.24, 2.45) is 0 Å². The molecule has 1 aromatic heterocycles. The molecule has 96 valence electrons. The van der Waals surface area contributed by atoms with E-state index >= 15 is 0 Å². The molecule has 18 heavy (non-hydrogen) atoms. The zero-order chi connectivity index (χ0) is 12.8. The molecular weight excluding hydrogens is 361 g/mol. The Hall–Kier alpha value is -0.890. The van der Waals surface area contributed by atoms with Crippen molar-refractivity contribution in [1.82, 2.24) is 10.2 Å². The van der Waals surface area contributed by atoms with Crippen LogP contribution in [0.25, 0.3) is 0 Å². The number of rotatable bonds is 6. The first kappa shape index (κ1) is 13.5. The van der Waals surface area contributed by atoms with E-state index in [0.29, 0.717) is 6.61 Å². The van der Waals surface area contributed by atoms with Crippen LogP contribution < -0.4 is 10.1 Å². The second-order valence-electron chi connectivity index (χ2n) is 3.65. The van der Waals surface area contributed by atoms with Crippen LogP contribution >= 0.6 is 33.9 Å². The van der Waals surface area contributed by atoms with E-state index in [-0.39, 0.29) is 0 Å². The zero-order valence-electron chi connectivity index (χ0n) is 10.0. The molecule has 4 nitrogen and oxygen atoms in total. The van der Waals surface area contributed by atoms with Crippen molar-refractivity contribution in [3.63, 3.8) is 0 Å². The fourth-order valence-electron chi connectivity index (χ4n) is 1.32. The van der Waals surface area contributed by atoms with Gasteiger partial charge in [0.05, 0.1) is 3.57 Å². The third-order valence-electron chi connectivity index (χ3n) is 2.18. The Morgan fingerprint density at radius 2 is 2.17 bits per heavy atom. The second-order valence-corrected chi connectivity index (χ2v) is 5.87. The van der Waals surface area contributed by atoms with E-state index < -0.39 is 0 Å². The lowest BCUT2D eigenvalue weighted by Gasteiger charge is -2.05. The molecule has 6 heteroatoms. The topological polar surface area (TPSA) is 47.0 Å². The van der Waals surface area contributed by atoms with Gasteiger partial charge in [0, 0.05) is 6.54 Å². The van der Waals surface area contributed by atoms with E-state index in [9.17, 15) is 0 Å². The van der Waals surface area contributed by atoms with Gasteiger partial charge in [-0.05, 0) is 41.1 Å². The highest BCUT2D eigenvalue weighted by molar-refractivity contribution is 14.1. The van der Waals surface area contributed by atoms with E-state index in [1.807, 2.05) is 24.3 Å². The van der Waals surface area contributed by atoms with Gasteiger partial charge >= 0.3 is 0 Å². The molecule has 0 aliphatic carbocycles. The third kappa shape index (κ3) is 3.81. The van der Waals surface area contributed by atoms with Crippen molar-refractivity contribution in [3.8, 4) is 5.75 Å². The molecule has 0 aliphatic rings. The summed E-state index contributed by atoms with van der Waals surface area (Å²) in [5, 5.41) is 13.1. The van der Waals surface area contributed by atoms with E-state index in [4.69, 9.17) is 4.74 Å². The first-order valence-electron chi connectivity index (χ1n) is 5.73. The van der Waals surface area contributed by atoms with Crippen molar-refractivity contribution in [2.45, 2.75) is 20.0 Å². The van der Waals surface area contributed by atoms with Gasteiger partial charge in [-0.25, -0.2) is 0 Å². The maximum absolute atomic E-state index is 5.71. The Labute approximate surface area is 124 Å². The molecule has 1 heterocycles. The van der Waals surface area contributed by atoms with Gasteiger partial charge in [-0.3, -0.25) is 0 Å². The summed E-state index contributed by atoms with van der Waals surface area (Å²) in [6.45, 7) is 3.51. The van der Waals surface area contributed by atoms with E-state index in [2.05, 4.69) is 45.0 Å². The number of hydrogen-bond acceptors (Lipinski definition) is 5. The van der Waals surface area contributed by atoms with Gasteiger partial charge in [-0.2, -0.15) is 0 Å². The van der Waals surface area contributed by atoms with Crippen LogP contribution in [0.15, 0.2) is 24.3 Å². The lowest BCUT2D eigenvalue weighted by molar-refractivity contribution is 0.302. The van der Waals surface area contributed by atoms with Crippen LogP contribution in [0, 0.1) is 3.57 Å². The Morgan fingerprint density at radius 1 is 1.33 bits per heavy atom. The maximum Gasteiger partial charge on any atom is 0.205 e. The Bertz CT molecular complexity index is 504. The van der Waals surface area contributed by atoms with Crippen LogP contribution in [-0.4, -0.2) is 16.7 Å². The maximum atomic E-state index is 5.71. The SMILES string of the molecule is CCCNc1nnc(COc2ccccc2I)s1. The molecule has 1 N–H and O–H groups in total. The number of anilines is 1. The smallest absolute Gasteiger partial charge is 0.205 e. The minimum absolute atomic E-state index is 0.464. The summed E-state index contributed by atoms with van der Waals surface area (Å²) in [4.78, 5) is 0. The second kappa shape index (κ2) is 6.89. The summed E-state index contributed by atoms with van der Waals surface area (Å²) >= 11 is 3.79. The molecule has 0 atom stereocenters. The number of ether oxygens (including phenoxy) is 1. The molecule has 0 bridgehead atoms. The number of halogens is 1. The predicted octanol–water partition coefficient (Wildman–Crippen LogP) is 3.54. The highest BCUT2D eigenvalue weighted by Crippen LogP contribution is 2.22. The molecule has 0 fully saturated rings. The molecule has 0 saturated carbocycles. The Morgan fingerprint density at radius 3 is 2.94 bits per heavy atom. The zero-order valence-corrected chi connectivity index (χ0v) is 13.0. The molecule has 0 radical (unpaired) electrons. The van der Waals surface area contributed by atoms with E-state index in [1.54, 1.807) is 0 Å². The van der Waals surface area contributed by atoms with Crippen LogP contribution in [0.4, 0.5) is 5.13 Å². The molecule has 1 aromatic carbocycles. The van der Waals surface area contributed by atoms with Gasteiger partial charge in [-0.15, -0.1) is 10.2 Å². The van der Waals surface area contributed by atoms with Crippen molar-refractivity contribution in [1.29, 1.82) is 0 Å². The van der Waals surface area contributed by atoms with Gasteiger partial charge < -0.3 is 10.1 Å². The van der Waals surface area contributed by atoms with E-state index in [0.717, 1.165) is 32.4 Å². The quantitative estimate of drug-likeness (QED) is 0.785. The fourth-order valence-corrected chi connectivity index (χ4v) is 2.54. The lowest BCUT2D eigenvalue weighted by atomic mass is 10.3. The Kier molecular flexibility index (Phi) is 5.18. The number of benzene rings is 1. The first-order valence-corrected chi connectivity index (χ1v) is 7.62. The van der Waals surface area contributed by atoms with Crippen LogP contribution in [0.2, 0.25) is 0 Å². The van der Waals surface area contributed by atoms with Gasteiger partial charge in [-0.1, -0.05) is 30.4 Å². The number of hydrogen-bond donors (Lipinski definition) is 1. The van der Waals surface area contributed by atoms with Crippen LogP contribution in [0.3, 0.4) is 0 Å². The number of nitrogens with zero attached hydrogens (tertiary/aromatic N) is 2. The third-order valence-corrected chi connectivity index (χ3v) is 3.93. The highest BCUT2D eigenvalue weighted by atomic mass is 127. The number of nitrogens with one attached hydrogen (secondary N) is 1. The average Bonchev–Trinajstić information content (AvgIpc) is 2.83. The standard InChI is InChI=1S/C12H14IN3OS/c1-2-7-14-12-16-15-11(18-12)8-17-10-6-4-3-5-9(10)13/h3-6H,2,7-8H2,1H3,(H,14,16). The molecule has 2 rings (SSSR count). The fraction of sp³-hybridized carbons (Fsp3) is 0.333. The number of para-hydroxylation sites is 1. The molecule has 0 saturated heterocycles. The molecule has 0 spiro atoms. The normalized spacial score (nSPS) is 10.3. The largest absolute Gasteiger partial charge is 0.485 e. The summed E-state index contributed by atoms with van der Waals surface area (Å²) < 4.78 is 6.81. The monoisotopic (exact) mass is 375 g/mol. The summed E-state index contributed by atoms with van der Waals surface area (Å²) in [6, 6.07) is 7.93. The summed E-state index contributed by atoms with van der Waals surface area (Å²) in [7, 11) is 0. The van der Waals surface area contributed by atoms with Crippen molar-refractivity contribution < 1.29 is 4.74 Å². The lowest BCUT2D eigenvalue weighted by Crippen LogP contribution is -1.98. The van der Waals surface area contributed by atoms with Crippen molar-refractivity contribution >= 4 is 39.1 Å². The van der Waals surface area contributed by atoms with Gasteiger partial charge in [0.1, 0.15) is 12.4 Å². The average molecular weight is 375 g/mol. The molecular formula is C12H14IN3OS. The van der Waals surface area contributed by atoms with Crippen LogP contribution in [-0.2, 0) is 6.61 Å². The molecule has 2 aromatic rings. The minimum Gasteiger partial charge on any atom is -0.485 e. The summed E-state index contributed by atoms with van der Waals surface area (Å²) in [5.41, 5.74) is 0. The van der Waals surface area contributed by atoms with E-state index in [1.165, 1.54) is 11.3 Å². The van der Waals surface area contributed by atoms with Gasteiger partial charge in [0.15, 0.2) is 5.01 Å². The highest BCUT2D eigenvalue weighted by Gasteiger charge is 2.05. The minimum atomic E-state index is 0.464. The van der Waals surface area contributed by atoms with Gasteiger partial charge in [0.2, 0.25) is 5.13 Å². The predicted molar refractivity (Wildman–Crippen MR) is 82.2 cm³/mol. The first-order chi connectivity index (χ1) is 8.79. The van der Waals surface area contributed by atoms with Crippen molar-refractivity contribution in [2.75, 3.05) is 11.9 Å². The van der Waals surface area contributed by atoms with Crippen LogP contribution in [0.5, 0.6) is 5.75 Å². The molecule has 0 unspecified atom stereocenters. The summed E-state index contributed by atoms with van der Waals surface area (Å²) in [6.07, 6.45) is 1.08. The van der Waals surface area contributed by atoms with Crippen LogP contribution in [0.1, 0.15) is 18.4 Å².